The molecule has 6 heteroatoms. The van der Waals surface area contributed by atoms with Crippen LogP contribution in [0.1, 0.15) is 24.2 Å². The Hall–Kier alpha value is -2.84. The van der Waals surface area contributed by atoms with Crippen molar-refractivity contribution in [3.8, 4) is 6.07 Å². The number of carbonyl (C=O) groups excluding carboxylic acids is 2. The fraction of sp³-hybridized carbons (Fsp3) is 0.250. The smallest absolute Gasteiger partial charge is 0.327 e. The molecule has 5 nitrogen and oxygen atoms in total. The van der Waals surface area contributed by atoms with Crippen molar-refractivity contribution < 1.29 is 14.3 Å². The van der Waals surface area contributed by atoms with Gasteiger partial charge in [-0.2, -0.15) is 5.26 Å². The van der Waals surface area contributed by atoms with E-state index in [1.165, 1.54) is 6.08 Å². The van der Waals surface area contributed by atoms with E-state index in [0.29, 0.717) is 17.1 Å². The summed E-state index contributed by atoms with van der Waals surface area (Å²) >= 11 is 5.88. The third-order valence-corrected chi connectivity index (χ3v) is 4.03. The van der Waals surface area contributed by atoms with Crippen molar-refractivity contribution in [2.24, 2.45) is 5.92 Å². The minimum Gasteiger partial charge on any atom is -0.465 e. The van der Waals surface area contributed by atoms with Gasteiger partial charge in [-0.3, -0.25) is 9.59 Å². The molecule has 0 unspecified atom stereocenters. The maximum atomic E-state index is 13.0. The Morgan fingerprint density at radius 3 is 2.62 bits per heavy atom. The summed E-state index contributed by atoms with van der Waals surface area (Å²) < 4.78 is 4.92. The second-order valence-electron chi connectivity index (χ2n) is 5.66. The van der Waals surface area contributed by atoms with Crippen molar-refractivity contribution in [1.82, 2.24) is 4.90 Å². The van der Waals surface area contributed by atoms with Crippen LogP contribution in [0.3, 0.4) is 0 Å². The average Bonchev–Trinajstić information content (AvgIpc) is 2.64. The Morgan fingerprint density at radius 2 is 2.08 bits per heavy atom. The van der Waals surface area contributed by atoms with Gasteiger partial charge >= 0.3 is 5.97 Å². The third kappa shape index (κ3) is 4.84. The number of nitrogens with zero attached hydrogens (tertiary/aromatic N) is 2. The molecule has 1 heterocycles. The number of ether oxygens (including phenoxy) is 1. The molecular formula is C20H19ClN2O3. The zero-order valence-corrected chi connectivity index (χ0v) is 15.4. The van der Waals surface area contributed by atoms with E-state index in [9.17, 15) is 14.9 Å². The molecule has 1 aromatic rings. The van der Waals surface area contributed by atoms with E-state index >= 15 is 0 Å². The van der Waals surface area contributed by atoms with Crippen LogP contribution in [0, 0.1) is 17.2 Å². The number of esters is 1. The van der Waals surface area contributed by atoms with Crippen LogP contribution >= 0.6 is 11.6 Å². The molecule has 0 bridgehead atoms. The minimum absolute atomic E-state index is 0.164. The first-order chi connectivity index (χ1) is 12.5. The van der Waals surface area contributed by atoms with E-state index in [4.69, 9.17) is 16.3 Å². The number of Topliss-reactive ketones (excluding diaryl/α,β-unsaturated/α-hetero) is 1. The van der Waals surface area contributed by atoms with E-state index in [1.807, 2.05) is 25.1 Å². The maximum absolute atomic E-state index is 13.0. The normalized spacial score (nSPS) is 15.1. The molecule has 0 radical (unpaired) electrons. The van der Waals surface area contributed by atoms with Crippen molar-refractivity contribution in [1.29, 1.82) is 5.26 Å². The Bertz CT molecular complexity index is 816. The van der Waals surface area contributed by atoms with Crippen molar-refractivity contribution >= 4 is 23.4 Å². The lowest BCUT2D eigenvalue weighted by Gasteiger charge is -2.25. The SMILES string of the molecule is CCOC(=O)[C@H](C#N)/C=C(/C(=O)c1ccc(Cl)cc1)N1C=CC(C)=CC1. The fourth-order valence-corrected chi connectivity index (χ4v) is 2.48. The van der Waals surface area contributed by atoms with Gasteiger partial charge < -0.3 is 9.64 Å². The van der Waals surface area contributed by atoms with Crippen LogP contribution in [-0.4, -0.2) is 29.8 Å². The highest BCUT2D eigenvalue weighted by atomic mass is 35.5. The second-order valence-corrected chi connectivity index (χ2v) is 6.10. The van der Waals surface area contributed by atoms with Crippen LogP contribution in [0.2, 0.25) is 5.02 Å². The molecule has 0 saturated carbocycles. The van der Waals surface area contributed by atoms with Crippen LogP contribution in [0.5, 0.6) is 0 Å². The molecule has 0 aliphatic carbocycles. The number of hydrogen-bond acceptors (Lipinski definition) is 5. The number of halogens is 1. The highest BCUT2D eigenvalue weighted by Gasteiger charge is 2.24. The van der Waals surface area contributed by atoms with Gasteiger partial charge in [0.2, 0.25) is 5.78 Å². The molecule has 0 spiro atoms. The summed E-state index contributed by atoms with van der Waals surface area (Å²) in [5.74, 6) is -2.14. The first kappa shape index (κ1) is 19.5. The van der Waals surface area contributed by atoms with E-state index in [0.717, 1.165) is 5.57 Å². The Balaban J connectivity index is 2.41. The van der Waals surface area contributed by atoms with Crippen molar-refractivity contribution in [3.05, 3.63) is 70.5 Å². The second kappa shape index (κ2) is 9.02. The molecule has 1 aliphatic rings. The summed E-state index contributed by atoms with van der Waals surface area (Å²) in [6.07, 6.45) is 6.93. The lowest BCUT2D eigenvalue weighted by molar-refractivity contribution is -0.144. The van der Waals surface area contributed by atoms with Gasteiger partial charge in [0.1, 0.15) is 0 Å². The predicted molar refractivity (Wildman–Crippen MR) is 99.2 cm³/mol. The first-order valence-electron chi connectivity index (χ1n) is 8.16. The van der Waals surface area contributed by atoms with Crippen molar-refractivity contribution in [3.63, 3.8) is 0 Å². The van der Waals surface area contributed by atoms with Gasteiger partial charge in [-0.25, -0.2) is 0 Å². The van der Waals surface area contributed by atoms with Gasteiger partial charge in [0.15, 0.2) is 5.92 Å². The molecule has 0 N–H and O–H groups in total. The summed E-state index contributed by atoms with van der Waals surface area (Å²) in [7, 11) is 0. The molecule has 1 aliphatic heterocycles. The zero-order valence-electron chi connectivity index (χ0n) is 14.6. The molecular weight excluding hydrogens is 352 g/mol. The van der Waals surface area contributed by atoms with Gasteiger partial charge in [0.25, 0.3) is 0 Å². The van der Waals surface area contributed by atoms with Gasteiger partial charge in [-0.15, -0.1) is 0 Å². The summed E-state index contributed by atoms with van der Waals surface area (Å²) in [6, 6.07) is 8.35. The highest BCUT2D eigenvalue weighted by Crippen LogP contribution is 2.21. The number of hydrogen-bond donors (Lipinski definition) is 0. The van der Waals surface area contributed by atoms with E-state index in [2.05, 4.69) is 0 Å². The molecule has 2 rings (SSSR count). The van der Waals surface area contributed by atoms with Crippen molar-refractivity contribution in [2.45, 2.75) is 13.8 Å². The number of ketones is 1. The number of allylic oxidation sites excluding steroid dienone is 3. The van der Waals surface area contributed by atoms with Crippen molar-refractivity contribution in [2.75, 3.05) is 13.2 Å². The summed E-state index contributed by atoms with van der Waals surface area (Å²) in [6.45, 7) is 4.25. The van der Waals surface area contributed by atoms with Crippen LogP contribution in [0.15, 0.2) is 60.0 Å². The zero-order chi connectivity index (χ0) is 19.1. The topological polar surface area (TPSA) is 70.4 Å². The Kier molecular flexibility index (Phi) is 6.76. The van der Waals surface area contributed by atoms with E-state index in [1.54, 1.807) is 42.3 Å². The highest BCUT2D eigenvalue weighted by molar-refractivity contribution is 6.30. The molecule has 1 atom stereocenters. The van der Waals surface area contributed by atoms with Gasteiger partial charge in [-0.05, 0) is 50.3 Å². The average molecular weight is 371 g/mol. The van der Waals surface area contributed by atoms with Gasteiger partial charge in [0, 0.05) is 23.3 Å². The monoisotopic (exact) mass is 370 g/mol. The van der Waals surface area contributed by atoms with Crippen LogP contribution in [-0.2, 0) is 9.53 Å². The molecule has 134 valence electrons. The third-order valence-electron chi connectivity index (χ3n) is 3.78. The molecule has 26 heavy (non-hydrogen) atoms. The molecule has 0 amide bonds. The molecule has 1 aromatic carbocycles. The lowest BCUT2D eigenvalue weighted by atomic mass is 10.0. The Labute approximate surface area is 157 Å². The number of rotatable bonds is 6. The first-order valence-corrected chi connectivity index (χ1v) is 8.54. The Morgan fingerprint density at radius 1 is 1.38 bits per heavy atom. The summed E-state index contributed by atoms with van der Waals surface area (Å²) in [5, 5.41) is 9.85. The van der Waals surface area contributed by atoms with E-state index in [-0.39, 0.29) is 18.1 Å². The number of carbonyl (C=O) groups is 2. The predicted octanol–water partition coefficient (Wildman–Crippen LogP) is 3.89. The van der Waals surface area contributed by atoms with Gasteiger partial charge in [0.05, 0.1) is 18.4 Å². The fourth-order valence-electron chi connectivity index (χ4n) is 2.36. The van der Waals surface area contributed by atoms with Crippen LogP contribution < -0.4 is 0 Å². The van der Waals surface area contributed by atoms with Gasteiger partial charge in [-0.1, -0.05) is 23.3 Å². The minimum atomic E-state index is -1.17. The molecule has 0 aromatic heterocycles. The standard InChI is InChI=1S/C20H19ClN2O3/c1-3-26-20(25)16(13-22)12-18(23-10-8-14(2)9-11-23)19(24)15-4-6-17(21)7-5-15/h4-10,12,16H,3,11H2,1-2H3/b18-12-/t16-/m0/s1. The van der Waals surface area contributed by atoms with Crippen LogP contribution in [0.25, 0.3) is 0 Å². The van der Waals surface area contributed by atoms with E-state index < -0.39 is 11.9 Å². The molecule has 0 fully saturated rings. The summed E-state index contributed by atoms with van der Waals surface area (Å²) in [5.41, 5.74) is 1.73. The largest absolute Gasteiger partial charge is 0.465 e. The van der Waals surface area contributed by atoms with Crippen LogP contribution in [0.4, 0.5) is 0 Å². The number of benzene rings is 1. The molecule has 0 saturated heterocycles. The summed E-state index contributed by atoms with van der Waals surface area (Å²) in [4.78, 5) is 26.7. The quantitative estimate of drug-likeness (QED) is 0.431. The maximum Gasteiger partial charge on any atom is 0.327 e. The lowest BCUT2D eigenvalue weighted by Crippen LogP contribution is -2.27. The number of nitriles is 1.